The number of para-hydroxylation sites is 4. The van der Waals surface area contributed by atoms with Gasteiger partial charge >= 0.3 is 0 Å². The Balaban J connectivity index is 1.91. The summed E-state index contributed by atoms with van der Waals surface area (Å²) in [6.07, 6.45) is 0. The van der Waals surface area contributed by atoms with Crippen molar-refractivity contribution in [3.8, 4) is 5.69 Å². The van der Waals surface area contributed by atoms with Crippen molar-refractivity contribution in [2.75, 3.05) is 0 Å². The summed E-state index contributed by atoms with van der Waals surface area (Å²) in [6, 6.07) is 34.8. The minimum absolute atomic E-state index is 0.206. The molecule has 4 nitrogen and oxygen atoms in total. The first-order valence-electron chi connectivity index (χ1n) is 10.6. The van der Waals surface area contributed by atoms with Crippen molar-refractivity contribution in [2.45, 2.75) is 0 Å². The third kappa shape index (κ3) is 2.16. The van der Waals surface area contributed by atoms with Crippen LogP contribution in [0.5, 0.6) is 0 Å². The van der Waals surface area contributed by atoms with Gasteiger partial charge in [-0.25, -0.2) is 0 Å². The molecule has 0 saturated carbocycles. The van der Waals surface area contributed by atoms with Gasteiger partial charge in [-0.15, -0.1) is 0 Å². The molecule has 0 saturated heterocycles. The number of fused-ring (bicyclic) bond motifs is 10. The van der Waals surface area contributed by atoms with Crippen molar-refractivity contribution in [2.24, 2.45) is 0 Å². The van der Waals surface area contributed by atoms with Crippen molar-refractivity contribution in [3.05, 3.63) is 113 Å². The molecule has 0 spiro atoms. The molecule has 7 rings (SSSR count). The average molecular weight is 411 g/mol. The largest absolute Gasteiger partial charge is 0.306 e. The fraction of sp³-hybridized carbons (Fsp3) is 0. The van der Waals surface area contributed by atoms with Crippen LogP contribution in [0.2, 0.25) is 0 Å². The summed E-state index contributed by atoms with van der Waals surface area (Å²) in [4.78, 5) is 17.8. The highest BCUT2D eigenvalue weighted by molar-refractivity contribution is 6.24. The molecule has 0 aliphatic rings. The molecule has 3 aromatic heterocycles. The third-order valence-electron chi connectivity index (χ3n) is 6.31. The second kappa shape index (κ2) is 6.28. The Bertz CT molecular complexity index is 1900. The van der Waals surface area contributed by atoms with Crippen molar-refractivity contribution in [3.63, 3.8) is 0 Å². The minimum atomic E-state index is -0.206. The van der Waals surface area contributed by atoms with E-state index in [-0.39, 0.29) is 5.56 Å². The molecule has 0 aliphatic carbocycles. The molecule has 0 amide bonds. The van der Waals surface area contributed by atoms with Gasteiger partial charge in [-0.3, -0.25) is 9.20 Å². The summed E-state index contributed by atoms with van der Waals surface area (Å²) in [5, 5.41) is 4.02. The SMILES string of the molecule is O=c1nc2c3c(c4ccccc4n3-c3ccccc3)c3ccccc3n2c2ccccc12. The summed E-state index contributed by atoms with van der Waals surface area (Å²) in [6.45, 7) is 0. The summed E-state index contributed by atoms with van der Waals surface area (Å²) < 4.78 is 4.36. The molecule has 0 atom stereocenters. The van der Waals surface area contributed by atoms with Crippen LogP contribution in [-0.2, 0) is 0 Å². The minimum Gasteiger partial charge on any atom is -0.306 e. The fourth-order valence-electron chi connectivity index (χ4n) is 5.02. The molecular weight excluding hydrogens is 394 g/mol. The number of aromatic nitrogens is 3. The van der Waals surface area contributed by atoms with Gasteiger partial charge in [-0.05, 0) is 36.4 Å². The molecule has 7 aromatic rings. The first-order valence-corrected chi connectivity index (χ1v) is 10.6. The maximum Gasteiger partial charge on any atom is 0.281 e. The molecule has 32 heavy (non-hydrogen) atoms. The molecular formula is C28H17N3O. The number of hydrogen-bond acceptors (Lipinski definition) is 2. The second-order valence-corrected chi connectivity index (χ2v) is 8.02. The smallest absolute Gasteiger partial charge is 0.281 e. The summed E-state index contributed by atoms with van der Waals surface area (Å²) in [5.41, 5.74) is 5.44. The molecule has 0 aliphatic heterocycles. The molecule has 3 heterocycles. The Morgan fingerprint density at radius 1 is 0.562 bits per heavy atom. The number of pyridine rings is 1. The van der Waals surface area contributed by atoms with Gasteiger partial charge in [0, 0.05) is 21.8 Å². The Morgan fingerprint density at radius 3 is 1.81 bits per heavy atom. The highest BCUT2D eigenvalue weighted by Crippen LogP contribution is 2.39. The fourth-order valence-corrected chi connectivity index (χ4v) is 5.02. The van der Waals surface area contributed by atoms with Crippen LogP contribution in [0.3, 0.4) is 0 Å². The molecule has 150 valence electrons. The molecule has 0 fully saturated rings. The third-order valence-corrected chi connectivity index (χ3v) is 6.31. The lowest BCUT2D eigenvalue weighted by Crippen LogP contribution is -2.12. The molecule has 0 unspecified atom stereocenters. The number of nitrogens with zero attached hydrogens (tertiary/aromatic N) is 3. The van der Waals surface area contributed by atoms with Crippen LogP contribution in [0.1, 0.15) is 0 Å². The summed E-state index contributed by atoms with van der Waals surface area (Å²) in [5.74, 6) is 0. The van der Waals surface area contributed by atoms with Gasteiger partial charge < -0.3 is 4.57 Å². The van der Waals surface area contributed by atoms with Crippen molar-refractivity contribution in [1.29, 1.82) is 0 Å². The lowest BCUT2D eigenvalue weighted by molar-refractivity contribution is 1.14. The van der Waals surface area contributed by atoms with Crippen LogP contribution in [0.25, 0.3) is 54.9 Å². The van der Waals surface area contributed by atoms with Gasteiger partial charge in [0.2, 0.25) is 0 Å². The topological polar surface area (TPSA) is 39.3 Å². The van der Waals surface area contributed by atoms with E-state index < -0.39 is 0 Å². The number of rotatable bonds is 1. The first-order chi connectivity index (χ1) is 15.8. The van der Waals surface area contributed by atoms with E-state index in [1.807, 2.05) is 48.5 Å². The van der Waals surface area contributed by atoms with E-state index in [1.165, 1.54) is 0 Å². The maximum atomic E-state index is 13.1. The van der Waals surface area contributed by atoms with Crippen molar-refractivity contribution >= 4 is 49.3 Å². The van der Waals surface area contributed by atoms with Crippen molar-refractivity contribution in [1.82, 2.24) is 14.0 Å². The average Bonchev–Trinajstić information content (AvgIpc) is 3.20. The van der Waals surface area contributed by atoms with Crippen LogP contribution in [0.15, 0.2) is 108 Å². The zero-order valence-corrected chi connectivity index (χ0v) is 17.1. The van der Waals surface area contributed by atoms with Gasteiger partial charge in [0.05, 0.1) is 27.5 Å². The summed E-state index contributed by atoms with van der Waals surface area (Å²) in [7, 11) is 0. The van der Waals surface area contributed by atoms with E-state index in [2.05, 4.69) is 68.5 Å². The Kier molecular flexibility index (Phi) is 3.39. The Hall–Kier alpha value is -4.44. The standard InChI is InChI=1S/C28H17N3O/c32-28-21-14-6-9-17-24(21)31-23-16-8-5-13-20(23)25-19-12-4-7-15-22(19)30(26(25)27(31)29-28)18-10-2-1-3-11-18/h1-17H. The van der Waals surface area contributed by atoms with Crippen LogP contribution in [0, 0.1) is 0 Å². The van der Waals surface area contributed by atoms with E-state index in [0.29, 0.717) is 11.0 Å². The Morgan fingerprint density at radius 2 is 1.09 bits per heavy atom. The van der Waals surface area contributed by atoms with Gasteiger partial charge in [-0.1, -0.05) is 66.7 Å². The van der Waals surface area contributed by atoms with Gasteiger partial charge in [-0.2, -0.15) is 4.98 Å². The zero-order chi connectivity index (χ0) is 21.2. The normalized spacial score (nSPS) is 11.9. The molecule has 0 bridgehead atoms. The predicted octanol–water partition coefficient (Wildman–Crippen LogP) is 6.10. The molecule has 0 radical (unpaired) electrons. The van der Waals surface area contributed by atoms with Gasteiger partial charge in [0.1, 0.15) is 0 Å². The van der Waals surface area contributed by atoms with E-state index in [9.17, 15) is 4.79 Å². The first kappa shape index (κ1) is 17.3. The van der Waals surface area contributed by atoms with Crippen LogP contribution in [-0.4, -0.2) is 14.0 Å². The quantitative estimate of drug-likeness (QED) is 0.306. The second-order valence-electron chi connectivity index (χ2n) is 8.02. The highest BCUT2D eigenvalue weighted by atomic mass is 16.1. The van der Waals surface area contributed by atoms with E-state index >= 15 is 0 Å². The number of hydrogen-bond donors (Lipinski definition) is 0. The maximum absolute atomic E-state index is 13.1. The van der Waals surface area contributed by atoms with E-state index in [0.717, 1.165) is 43.9 Å². The Labute approximate surface area is 182 Å². The van der Waals surface area contributed by atoms with Crippen molar-refractivity contribution < 1.29 is 0 Å². The van der Waals surface area contributed by atoms with Gasteiger partial charge in [0.25, 0.3) is 5.56 Å². The van der Waals surface area contributed by atoms with Crippen LogP contribution in [0.4, 0.5) is 0 Å². The van der Waals surface area contributed by atoms with Crippen LogP contribution >= 0.6 is 0 Å². The number of benzene rings is 4. The van der Waals surface area contributed by atoms with Gasteiger partial charge in [0.15, 0.2) is 5.65 Å². The van der Waals surface area contributed by atoms with E-state index in [4.69, 9.17) is 0 Å². The molecule has 4 aromatic carbocycles. The van der Waals surface area contributed by atoms with Crippen LogP contribution < -0.4 is 5.56 Å². The summed E-state index contributed by atoms with van der Waals surface area (Å²) >= 11 is 0. The molecule has 4 heteroatoms. The monoisotopic (exact) mass is 411 g/mol. The molecule has 0 N–H and O–H groups in total. The van der Waals surface area contributed by atoms with E-state index in [1.54, 1.807) is 0 Å². The highest BCUT2D eigenvalue weighted by Gasteiger charge is 2.20. The predicted molar refractivity (Wildman–Crippen MR) is 131 cm³/mol. The lowest BCUT2D eigenvalue weighted by atomic mass is 10.1. The zero-order valence-electron chi connectivity index (χ0n) is 17.1. The lowest BCUT2D eigenvalue weighted by Gasteiger charge is -2.14.